The van der Waals surface area contributed by atoms with Crippen molar-refractivity contribution < 1.29 is 4.73 Å². The van der Waals surface area contributed by atoms with Crippen molar-refractivity contribution in [3.05, 3.63) is 41.9 Å². The van der Waals surface area contributed by atoms with Crippen molar-refractivity contribution >= 4 is 16.5 Å². The molecule has 0 bridgehead atoms. The number of hydrogen-bond acceptors (Lipinski definition) is 2. The van der Waals surface area contributed by atoms with Crippen LogP contribution in [0.3, 0.4) is 0 Å². The van der Waals surface area contributed by atoms with Crippen LogP contribution in [0.15, 0.2) is 36.7 Å². The van der Waals surface area contributed by atoms with E-state index in [9.17, 15) is 5.21 Å². The van der Waals surface area contributed by atoms with E-state index in [1.54, 1.807) is 6.20 Å². The third-order valence-electron chi connectivity index (χ3n) is 2.25. The Balaban J connectivity index is 2.62. The molecule has 0 amide bonds. The van der Waals surface area contributed by atoms with Crippen molar-refractivity contribution in [1.29, 1.82) is 0 Å². The summed E-state index contributed by atoms with van der Waals surface area (Å²) in [6.45, 7) is 0. The molecule has 0 spiro atoms. The van der Waals surface area contributed by atoms with Gasteiger partial charge in [-0.15, -0.1) is 0 Å². The molecule has 72 valence electrons. The van der Waals surface area contributed by atoms with Gasteiger partial charge in [-0.2, -0.15) is 4.73 Å². The zero-order valence-electron chi connectivity index (χ0n) is 8.27. The number of aromatic nitrogens is 1. The molecule has 0 radical (unpaired) electrons. The molecule has 1 aromatic carbocycles. The second kappa shape index (κ2) is 3.18. The number of pyridine rings is 1. The fourth-order valence-corrected chi connectivity index (χ4v) is 1.44. The number of anilines is 1. The van der Waals surface area contributed by atoms with Crippen LogP contribution in [-0.4, -0.2) is 14.1 Å². The number of fused-ring (bicyclic) bond motifs is 1. The number of rotatable bonds is 1. The van der Waals surface area contributed by atoms with Crippen LogP contribution < -0.4 is 9.63 Å². The molecule has 3 heteroatoms. The SMILES string of the molecule is CN(C)c1ccc2c[n+]([O-])ccc2c1. The molecule has 0 N–H and O–H groups in total. The van der Waals surface area contributed by atoms with Crippen LogP contribution in [0.25, 0.3) is 10.8 Å². The standard InChI is InChI=1S/C11H12N2O/c1-12(2)11-4-3-10-8-13(14)6-5-9(10)7-11/h3-8H,1-2H3. The second-order valence-electron chi connectivity index (χ2n) is 3.51. The van der Waals surface area contributed by atoms with E-state index in [1.807, 2.05) is 37.2 Å². The van der Waals surface area contributed by atoms with Crippen LogP contribution in [-0.2, 0) is 0 Å². The van der Waals surface area contributed by atoms with Gasteiger partial charge in [0.1, 0.15) is 0 Å². The Hall–Kier alpha value is -1.77. The lowest BCUT2D eigenvalue weighted by Gasteiger charge is -2.12. The van der Waals surface area contributed by atoms with E-state index in [0.29, 0.717) is 0 Å². The molecule has 14 heavy (non-hydrogen) atoms. The molecule has 3 nitrogen and oxygen atoms in total. The predicted molar refractivity (Wildman–Crippen MR) is 57.2 cm³/mol. The molecule has 0 aliphatic rings. The Morgan fingerprint density at radius 2 is 1.93 bits per heavy atom. The third-order valence-corrected chi connectivity index (χ3v) is 2.25. The van der Waals surface area contributed by atoms with Crippen molar-refractivity contribution in [3.63, 3.8) is 0 Å². The Bertz CT molecular complexity index is 466. The molecule has 2 aromatic rings. The van der Waals surface area contributed by atoms with Gasteiger partial charge in [-0.05, 0) is 23.6 Å². The zero-order valence-corrected chi connectivity index (χ0v) is 8.27. The summed E-state index contributed by atoms with van der Waals surface area (Å²) in [5, 5.41) is 13.1. The highest BCUT2D eigenvalue weighted by Crippen LogP contribution is 2.18. The van der Waals surface area contributed by atoms with Crippen LogP contribution in [0.5, 0.6) is 0 Å². The van der Waals surface area contributed by atoms with E-state index in [-0.39, 0.29) is 0 Å². The summed E-state index contributed by atoms with van der Waals surface area (Å²) in [5.41, 5.74) is 1.14. The highest BCUT2D eigenvalue weighted by Gasteiger charge is 2.00. The molecule has 1 aromatic heterocycles. The van der Waals surface area contributed by atoms with Crippen molar-refractivity contribution in [2.45, 2.75) is 0 Å². The summed E-state index contributed by atoms with van der Waals surface area (Å²) in [6.07, 6.45) is 3.09. The lowest BCUT2D eigenvalue weighted by molar-refractivity contribution is -0.603. The van der Waals surface area contributed by atoms with Crippen LogP contribution in [0.4, 0.5) is 5.69 Å². The lowest BCUT2D eigenvalue weighted by atomic mass is 10.1. The first kappa shape index (κ1) is 8.81. The van der Waals surface area contributed by atoms with Gasteiger partial charge in [-0.25, -0.2) is 0 Å². The molecule has 0 saturated carbocycles. The molecule has 0 atom stereocenters. The molecule has 0 unspecified atom stereocenters. The molecule has 0 aliphatic heterocycles. The molecule has 0 fully saturated rings. The third kappa shape index (κ3) is 1.48. The summed E-state index contributed by atoms with van der Waals surface area (Å²) in [4.78, 5) is 2.04. The zero-order chi connectivity index (χ0) is 10.1. The monoisotopic (exact) mass is 188 g/mol. The molecule has 1 heterocycles. The molecular weight excluding hydrogens is 176 g/mol. The maximum absolute atomic E-state index is 11.0. The van der Waals surface area contributed by atoms with Crippen molar-refractivity contribution in [2.75, 3.05) is 19.0 Å². The van der Waals surface area contributed by atoms with Crippen molar-refractivity contribution in [2.24, 2.45) is 0 Å². The van der Waals surface area contributed by atoms with Crippen LogP contribution in [0.2, 0.25) is 0 Å². The van der Waals surface area contributed by atoms with Gasteiger partial charge < -0.3 is 10.1 Å². The minimum absolute atomic E-state index is 0.817. The first-order valence-corrected chi connectivity index (χ1v) is 4.47. The first-order valence-electron chi connectivity index (χ1n) is 4.47. The van der Waals surface area contributed by atoms with Gasteiger partial charge in [-0.1, -0.05) is 0 Å². The molecule has 0 saturated heterocycles. The van der Waals surface area contributed by atoms with Gasteiger partial charge in [-0.3, -0.25) is 0 Å². The average Bonchev–Trinajstić information content (AvgIpc) is 2.16. The van der Waals surface area contributed by atoms with E-state index in [4.69, 9.17) is 0 Å². The lowest BCUT2D eigenvalue weighted by Crippen LogP contribution is -2.23. The van der Waals surface area contributed by atoms with Gasteiger partial charge in [0.05, 0.1) is 0 Å². The van der Waals surface area contributed by atoms with Crippen LogP contribution >= 0.6 is 0 Å². The average molecular weight is 188 g/mol. The Morgan fingerprint density at radius 1 is 1.14 bits per heavy atom. The molecule has 2 rings (SSSR count). The Labute approximate surface area is 82.8 Å². The van der Waals surface area contributed by atoms with E-state index in [0.717, 1.165) is 21.2 Å². The number of nitrogens with zero attached hydrogens (tertiary/aromatic N) is 2. The summed E-state index contributed by atoms with van der Waals surface area (Å²) in [5.74, 6) is 0. The number of benzene rings is 1. The summed E-state index contributed by atoms with van der Waals surface area (Å²) in [7, 11) is 4.00. The fourth-order valence-electron chi connectivity index (χ4n) is 1.44. The van der Waals surface area contributed by atoms with Crippen molar-refractivity contribution in [3.8, 4) is 0 Å². The van der Waals surface area contributed by atoms with Crippen LogP contribution in [0.1, 0.15) is 0 Å². The molecule has 0 aliphatic carbocycles. The maximum atomic E-state index is 11.0. The minimum Gasteiger partial charge on any atom is -0.619 e. The van der Waals surface area contributed by atoms with E-state index >= 15 is 0 Å². The van der Waals surface area contributed by atoms with E-state index in [2.05, 4.69) is 6.07 Å². The quantitative estimate of drug-likeness (QED) is 0.502. The second-order valence-corrected chi connectivity index (χ2v) is 3.51. The first-order chi connectivity index (χ1) is 6.66. The van der Waals surface area contributed by atoms with Crippen molar-refractivity contribution in [1.82, 2.24) is 0 Å². The van der Waals surface area contributed by atoms with E-state index in [1.165, 1.54) is 6.20 Å². The summed E-state index contributed by atoms with van der Waals surface area (Å²) >= 11 is 0. The number of hydrogen-bond donors (Lipinski definition) is 0. The van der Waals surface area contributed by atoms with Gasteiger partial charge in [0.2, 0.25) is 0 Å². The van der Waals surface area contributed by atoms with E-state index < -0.39 is 0 Å². The topological polar surface area (TPSA) is 30.2 Å². The fraction of sp³-hybridized carbons (Fsp3) is 0.182. The van der Waals surface area contributed by atoms with Gasteiger partial charge in [0.15, 0.2) is 12.4 Å². The highest BCUT2D eigenvalue weighted by molar-refractivity contribution is 5.84. The van der Waals surface area contributed by atoms with Gasteiger partial charge >= 0.3 is 0 Å². The van der Waals surface area contributed by atoms with Crippen LogP contribution in [0, 0.1) is 5.21 Å². The largest absolute Gasteiger partial charge is 0.619 e. The molecular formula is C11H12N2O. The maximum Gasteiger partial charge on any atom is 0.188 e. The Morgan fingerprint density at radius 3 is 2.64 bits per heavy atom. The van der Waals surface area contributed by atoms with Gasteiger partial charge in [0.25, 0.3) is 0 Å². The highest BCUT2D eigenvalue weighted by atomic mass is 16.5. The smallest absolute Gasteiger partial charge is 0.188 e. The predicted octanol–water partition coefficient (Wildman–Crippen LogP) is 1.54. The van der Waals surface area contributed by atoms with Gasteiger partial charge in [0, 0.05) is 31.2 Å². The summed E-state index contributed by atoms with van der Waals surface area (Å²) in [6, 6.07) is 7.85. The normalized spacial score (nSPS) is 10.4. The summed E-state index contributed by atoms with van der Waals surface area (Å²) < 4.78 is 0.817. The minimum atomic E-state index is 0.817. The Kier molecular flexibility index (Phi) is 2.00.